The molecular formula is C2H6B8. The molecule has 0 saturated carbocycles. The normalized spacial score (nSPS) is 7.00. The second kappa shape index (κ2) is 9.52. The zero-order chi connectivity index (χ0) is 7.66. The molecule has 10 heavy (non-hydrogen) atoms. The first-order valence-corrected chi connectivity index (χ1v) is 3.49. The van der Waals surface area contributed by atoms with Crippen molar-refractivity contribution >= 4 is 56.7 Å². The molecule has 0 nitrogen and oxygen atoms in total. The van der Waals surface area contributed by atoms with E-state index in [4.69, 9.17) is 0 Å². The minimum Gasteiger partial charge on any atom is -0.101 e. The maximum Gasteiger partial charge on any atom is 0.0502 e. The first kappa shape index (κ1) is 10.5. The van der Waals surface area contributed by atoms with Gasteiger partial charge in [-0.1, -0.05) is 0 Å². The standard InChI is InChI=1S/C2H6B8/c1-3-5-7-9-10-8-6-4-2/h1-2H3. The molecule has 0 saturated heterocycles. The molecule has 38 valence electrons. The van der Waals surface area contributed by atoms with Crippen LogP contribution in [0.5, 0.6) is 0 Å². The highest BCUT2D eigenvalue weighted by molar-refractivity contribution is 7.65. The molecule has 0 aromatic rings. The lowest BCUT2D eigenvalue weighted by Gasteiger charge is -1.91. The highest BCUT2D eigenvalue weighted by atomic mass is 12.9. The number of hydrogen-bond acceptors (Lipinski definition) is 0. The summed E-state index contributed by atoms with van der Waals surface area (Å²) in [6.07, 6.45) is 0. The maximum atomic E-state index is 2.00. The molecule has 0 aliphatic rings. The van der Waals surface area contributed by atoms with Crippen LogP contribution < -0.4 is 0 Å². The van der Waals surface area contributed by atoms with Crippen LogP contribution in [0.15, 0.2) is 0 Å². The molecule has 0 unspecified atom stereocenters. The summed E-state index contributed by atoms with van der Waals surface area (Å²) in [5.41, 5.74) is 0. The fraction of sp³-hybridized carbons (Fsp3) is 1.00. The van der Waals surface area contributed by atoms with Crippen molar-refractivity contribution in [2.24, 2.45) is 0 Å². The van der Waals surface area contributed by atoms with Gasteiger partial charge in [0.1, 0.15) is 0 Å². The quantitative estimate of drug-likeness (QED) is 0.270. The summed E-state index contributed by atoms with van der Waals surface area (Å²) >= 11 is 0. The smallest absolute Gasteiger partial charge is 0.0502 e. The number of hydrogen-bond donors (Lipinski definition) is 0. The van der Waals surface area contributed by atoms with Gasteiger partial charge >= 0.3 is 0 Å². The fourth-order valence-electron chi connectivity index (χ4n) is 0.479. The minimum atomic E-state index is 2.00. The summed E-state index contributed by atoms with van der Waals surface area (Å²) in [5, 5.41) is 0. The summed E-state index contributed by atoms with van der Waals surface area (Å²) in [6.45, 7) is 4.00. The van der Waals surface area contributed by atoms with Crippen molar-refractivity contribution < 1.29 is 0 Å². The molecule has 0 amide bonds. The monoisotopic (exact) mass is 118 g/mol. The Morgan fingerprint density at radius 3 is 1.10 bits per heavy atom. The average molecular weight is 117 g/mol. The van der Waals surface area contributed by atoms with Crippen LogP contribution in [0.25, 0.3) is 0 Å². The second-order valence-electron chi connectivity index (χ2n) is 1.82. The van der Waals surface area contributed by atoms with Crippen LogP contribution in [0, 0.1) is 0 Å². The molecule has 0 aromatic carbocycles. The van der Waals surface area contributed by atoms with Crippen molar-refractivity contribution in [2.45, 2.75) is 13.6 Å². The van der Waals surface area contributed by atoms with Crippen LogP contribution >= 0.6 is 0 Å². The van der Waals surface area contributed by atoms with E-state index >= 15 is 0 Å². The molecular weight excluding hydrogens is 111 g/mol. The minimum absolute atomic E-state index is 2.00. The molecule has 0 N–H and O–H groups in total. The highest BCUT2D eigenvalue weighted by Gasteiger charge is 1.93. The van der Waals surface area contributed by atoms with Crippen molar-refractivity contribution in [2.75, 3.05) is 0 Å². The Labute approximate surface area is 70.9 Å². The average Bonchev–Trinajstić information content (AvgIpc) is 1.97. The van der Waals surface area contributed by atoms with Crippen LogP contribution in [0.2, 0.25) is 13.6 Å². The van der Waals surface area contributed by atoms with Gasteiger partial charge in [-0.3, -0.25) is 0 Å². The van der Waals surface area contributed by atoms with E-state index in [9.17, 15) is 0 Å². The third kappa shape index (κ3) is 8.52. The van der Waals surface area contributed by atoms with Crippen LogP contribution in [-0.2, 0) is 0 Å². The van der Waals surface area contributed by atoms with Crippen molar-refractivity contribution in [1.82, 2.24) is 0 Å². The van der Waals surface area contributed by atoms with Gasteiger partial charge in [0.2, 0.25) is 0 Å². The van der Waals surface area contributed by atoms with E-state index in [1.54, 1.807) is 0 Å². The SMILES string of the molecule is C[B][B][B][B][B][B][B][B]C. The predicted octanol–water partition coefficient (Wildman–Crippen LogP) is -1.88. The van der Waals surface area contributed by atoms with Crippen molar-refractivity contribution in [1.29, 1.82) is 0 Å². The largest absolute Gasteiger partial charge is 0.101 e. The van der Waals surface area contributed by atoms with E-state index in [0.717, 1.165) is 0 Å². The lowest BCUT2D eigenvalue weighted by Crippen LogP contribution is -2.29. The third-order valence-corrected chi connectivity index (χ3v) is 0.940. The summed E-state index contributed by atoms with van der Waals surface area (Å²) in [5.74, 6) is 0. The van der Waals surface area contributed by atoms with E-state index < -0.39 is 0 Å². The topological polar surface area (TPSA) is 0 Å². The summed E-state index contributed by atoms with van der Waals surface area (Å²) in [6, 6.07) is 0. The number of rotatable bonds is 7. The molecule has 8 radical (unpaired) electrons. The Balaban J connectivity index is 2.65. The third-order valence-electron chi connectivity index (χ3n) is 0.940. The van der Waals surface area contributed by atoms with Gasteiger partial charge < -0.3 is 0 Å². The predicted molar refractivity (Wildman–Crippen MR) is 57.8 cm³/mol. The van der Waals surface area contributed by atoms with Gasteiger partial charge in [-0.05, 0) is 0 Å². The van der Waals surface area contributed by atoms with Gasteiger partial charge in [0.05, 0.1) is 14.3 Å². The van der Waals surface area contributed by atoms with Gasteiger partial charge in [-0.15, -0.1) is 13.6 Å². The molecule has 0 spiro atoms. The van der Waals surface area contributed by atoms with Gasteiger partial charge in [-0.2, -0.15) is 0 Å². The zero-order valence-electron chi connectivity index (χ0n) is 6.62. The Kier molecular flexibility index (Phi) is 10.0. The molecule has 0 atom stereocenters. The lowest BCUT2D eigenvalue weighted by molar-refractivity contribution is 2.37. The van der Waals surface area contributed by atoms with Crippen LogP contribution in [0.4, 0.5) is 0 Å². The summed E-state index contributed by atoms with van der Waals surface area (Å²) in [4.78, 5) is 0. The highest BCUT2D eigenvalue weighted by Crippen LogP contribution is 1.57. The Morgan fingerprint density at radius 1 is 0.500 bits per heavy atom. The van der Waals surface area contributed by atoms with E-state index in [2.05, 4.69) is 0 Å². The lowest BCUT2D eigenvalue weighted by atomic mass is 8.91. The molecule has 0 fully saturated rings. The zero-order valence-corrected chi connectivity index (χ0v) is 6.62. The van der Waals surface area contributed by atoms with Crippen molar-refractivity contribution in [3.63, 3.8) is 0 Å². The molecule has 0 aliphatic carbocycles. The van der Waals surface area contributed by atoms with E-state index in [1.807, 2.05) is 70.4 Å². The first-order chi connectivity index (χ1) is 4.91. The summed E-state index contributed by atoms with van der Waals surface area (Å²) < 4.78 is 0. The molecule has 0 heterocycles. The van der Waals surface area contributed by atoms with E-state index in [-0.39, 0.29) is 0 Å². The van der Waals surface area contributed by atoms with Gasteiger partial charge in [0, 0.05) is 42.4 Å². The van der Waals surface area contributed by atoms with Gasteiger partial charge in [0.25, 0.3) is 0 Å². The fourth-order valence-corrected chi connectivity index (χ4v) is 0.479. The Bertz CT molecular complexity index is 47.2. The first-order valence-electron chi connectivity index (χ1n) is 3.49. The molecule has 0 aromatic heterocycles. The van der Waals surface area contributed by atoms with Gasteiger partial charge in [0.15, 0.2) is 0 Å². The van der Waals surface area contributed by atoms with Crippen molar-refractivity contribution in [3.05, 3.63) is 0 Å². The molecule has 0 bridgehead atoms. The second-order valence-corrected chi connectivity index (χ2v) is 1.82. The Morgan fingerprint density at radius 2 is 0.800 bits per heavy atom. The van der Waals surface area contributed by atoms with Crippen molar-refractivity contribution in [3.8, 4) is 0 Å². The molecule has 0 aliphatic heterocycles. The van der Waals surface area contributed by atoms with Gasteiger partial charge in [-0.25, -0.2) is 0 Å². The van der Waals surface area contributed by atoms with Crippen LogP contribution in [0.1, 0.15) is 0 Å². The van der Waals surface area contributed by atoms with Crippen LogP contribution in [-0.4, -0.2) is 56.7 Å². The molecule has 0 rings (SSSR count). The summed E-state index contributed by atoms with van der Waals surface area (Å²) in [7, 11) is 16.0. The molecule has 8 heteroatoms. The Hall–Kier alpha value is 0.519. The van der Waals surface area contributed by atoms with E-state index in [0.29, 0.717) is 0 Å². The maximum absolute atomic E-state index is 2.00. The van der Waals surface area contributed by atoms with Crippen LogP contribution in [0.3, 0.4) is 0 Å². The van der Waals surface area contributed by atoms with E-state index in [1.165, 1.54) is 0 Å².